The molecule has 4 nitrogen and oxygen atoms in total. The Bertz CT molecular complexity index is 246. The molecular formula is C8H12N2O2. The van der Waals surface area contributed by atoms with Gasteiger partial charge in [0, 0.05) is 0 Å². The Morgan fingerprint density at radius 3 is 2.58 bits per heavy atom. The first kappa shape index (κ1) is 8.96. The fourth-order valence-electron chi connectivity index (χ4n) is 0.842. The van der Waals surface area contributed by atoms with E-state index in [4.69, 9.17) is 15.9 Å². The highest BCUT2D eigenvalue weighted by atomic mass is 16.3. The third-order valence-corrected chi connectivity index (χ3v) is 1.63. The number of hydrogen-bond donors (Lipinski definition) is 3. The molecule has 0 aliphatic rings. The molecule has 0 saturated carbocycles. The van der Waals surface area contributed by atoms with Crippen molar-refractivity contribution in [2.24, 2.45) is 5.73 Å². The summed E-state index contributed by atoms with van der Waals surface area (Å²) in [5.74, 6) is 0.0940. The van der Waals surface area contributed by atoms with Crippen LogP contribution in [0.5, 0.6) is 5.75 Å². The lowest BCUT2D eigenvalue weighted by atomic mass is 10.1. The quantitative estimate of drug-likeness (QED) is 0.588. The van der Waals surface area contributed by atoms with Crippen LogP contribution in [0.3, 0.4) is 0 Å². The number of pyridine rings is 1. The average molecular weight is 168 g/mol. The minimum absolute atomic E-state index is 0.0940. The predicted molar refractivity (Wildman–Crippen MR) is 44.5 cm³/mol. The smallest absolute Gasteiger partial charge is 0.133 e. The standard InChI is InChI=1S/C8H12N2O2/c1-5(11)8(9)7-3-2-6(12)4-10-7/h2-5,8,11-12H,9H2,1H3/t5-,8-/m0/s1. The van der Waals surface area contributed by atoms with Gasteiger partial charge in [0.1, 0.15) is 5.75 Å². The van der Waals surface area contributed by atoms with Crippen molar-refractivity contribution in [3.63, 3.8) is 0 Å². The van der Waals surface area contributed by atoms with Crippen LogP contribution in [0.4, 0.5) is 0 Å². The maximum absolute atomic E-state index is 9.12. The molecule has 4 heteroatoms. The molecule has 0 amide bonds. The molecule has 0 radical (unpaired) electrons. The van der Waals surface area contributed by atoms with Crippen LogP contribution in [-0.4, -0.2) is 21.3 Å². The molecule has 2 atom stereocenters. The number of nitrogens with zero attached hydrogens (tertiary/aromatic N) is 1. The van der Waals surface area contributed by atoms with Gasteiger partial charge in [-0.2, -0.15) is 0 Å². The second-order valence-corrected chi connectivity index (χ2v) is 2.71. The first-order chi connectivity index (χ1) is 5.61. The molecule has 1 aromatic heterocycles. The lowest BCUT2D eigenvalue weighted by Gasteiger charge is -2.13. The SMILES string of the molecule is C[C@H](O)[C@H](N)c1ccc(O)cn1. The minimum atomic E-state index is -0.637. The lowest BCUT2D eigenvalue weighted by molar-refractivity contribution is 0.162. The largest absolute Gasteiger partial charge is 0.506 e. The summed E-state index contributed by atoms with van der Waals surface area (Å²) in [6, 6.07) is 2.59. The Balaban J connectivity index is 2.82. The second kappa shape index (κ2) is 3.51. The monoisotopic (exact) mass is 168 g/mol. The third-order valence-electron chi connectivity index (χ3n) is 1.63. The van der Waals surface area contributed by atoms with E-state index in [1.165, 1.54) is 12.3 Å². The van der Waals surface area contributed by atoms with Gasteiger partial charge in [0.05, 0.1) is 24.0 Å². The zero-order chi connectivity index (χ0) is 9.14. The molecule has 66 valence electrons. The van der Waals surface area contributed by atoms with Crippen molar-refractivity contribution < 1.29 is 10.2 Å². The van der Waals surface area contributed by atoms with E-state index in [9.17, 15) is 0 Å². The maximum Gasteiger partial charge on any atom is 0.133 e. The van der Waals surface area contributed by atoms with Crippen LogP contribution in [-0.2, 0) is 0 Å². The third kappa shape index (κ3) is 1.93. The van der Waals surface area contributed by atoms with E-state index >= 15 is 0 Å². The average Bonchev–Trinajstić information content (AvgIpc) is 2.04. The molecule has 1 heterocycles. The lowest BCUT2D eigenvalue weighted by Crippen LogP contribution is -2.23. The van der Waals surface area contributed by atoms with Crippen molar-refractivity contribution in [3.05, 3.63) is 24.0 Å². The fourth-order valence-corrected chi connectivity index (χ4v) is 0.842. The van der Waals surface area contributed by atoms with E-state index in [0.717, 1.165) is 0 Å². The molecule has 4 N–H and O–H groups in total. The molecule has 0 bridgehead atoms. The van der Waals surface area contributed by atoms with E-state index in [-0.39, 0.29) is 5.75 Å². The van der Waals surface area contributed by atoms with Gasteiger partial charge >= 0.3 is 0 Å². The van der Waals surface area contributed by atoms with Gasteiger partial charge in [0.25, 0.3) is 0 Å². The molecule has 0 aromatic carbocycles. The Hall–Kier alpha value is -1.13. The molecule has 1 aromatic rings. The summed E-state index contributed by atoms with van der Waals surface area (Å²) < 4.78 is 0. The van der Waals surface area contributed by atoms with Crippen LogP contribution in [0.1, 0.15) is 18.7 Å². The first-order valence-electron chi connectivity index (χ1n) is 3.70. The van der Waals surface area contributed by atoms with Gasteiger partial charge in [-0.3, -0.25) is 4.98 Å². The summed E-state index contributed by atoms with van der Waals surface area (Å²) in [5.41, 5.74) is 6.17. The maximum atomic E-state index is 9.12. The summed E-state index contributed by atoms with van der Waals surface area (Å²) >= 11 is 0. The predicted octanol–water partition coefficient (Wildman–Crippen LogP) is 0.168. The molecule has 0 spiro atoms. The normalized spacial score (nSPS) is 15.6. The number of rotatable bonds is 2. The van der Waals surface area contributed by atoms with Crippen molar-refractivity contribution in [1.29, 1.82) is 0 Å². The van der Waals surface area contributed by atoms with Gasteiger partial charge in [-0.05, 0) is 19.1 Å². The van der Waals surface area contributed by atoms with Crippen LogP contribution in [0.25, 0.3) is 0 Å². The summed E-state index contributed by atoms with van der Waals surface area (Å²) in [6.45, 7) is 1.60. The first-order valence-corrected chi connectivity index (χ1v) is 3.70. The van der Waals surface area contributed by atoms with E-state index in [1.807, 2.05) is 0 Å². The van der Waals surface area contributed by atoms with E-state index < -0.39 is 12.1 Å². The molecule has 12 heavy (non-hydrogen) atoms. The number of hydrogen-bond acceptors (Lipinski definition) is 4. The Morgan fingerprint density at radius 2 is 2.17 bits per heavy atom. The van der Waals surface area contributed by atoms with Crippen molar-refractivity contribution in [3.8, 4) is 5.75 Å². The Labute approximate surface area is 70.7 Å². The molecule has 0 aliphatic carbocycles. The molecular weight excluding hydrogens is 156 g/mol. The van der Waals surface area contributed by atoms with E-state index in [2.05, 4.69) is 4.98 Å². The van der Waals surface area contributed by atoms with Gasteiger partial charge in [-0.15, -0.1) is 0 Å². The highest BCUT2D eigenvalue weighted by molar-refractivity contribution is 5.20. The summed E-state index contributed by atoms with van der Waals surface area (Å²) in [6.07, 6.45) is 0.666. The summed E-state index contributed by atoms with van der Waals surface area (Å²) in [4.78, 5) is 3.86. The number of aromatic hydroxyl groups is 1. The zero-order valence-corrected chi connectivity index (χ0v) is 6.81. The minimum Gasteiger partial charge on any atom is -0.506 e. The fraction of sp³-hybridized carbons (Fsp3) is 0.375. The van der Waals surface area contributed by atoms with Gasteiger partial charge in [0.15, 0.2) is 0 Å². The zero-order valence-electron chi connectivity index (χ0n) is 6.81. The van der Waals surface area contributed by atoms with Crippen molar-refractivity contribution in [2.45, 2.75) is 19.1 Å². The Kier molecular flexibility index (Phi) is 2.62. The van der Waals surface area contributed by atoms with Gasteiger partial charge in [-0.25, -0.2) is 0 Å². The van der Waals surface area contributed by atoms with Crippen LogP contribution in [0, 0.1) is 0 Å². The molecule has 0 aliphatic heterocycles. The molecule has 1 rings (SSSR count). The van der Waals surface area contributed by atoms with Gasteiger partial charge in [0.2, 0.25) is 0 Å². The topological polar surface area (TPSA) is 79.4 Å². The van der Waals surface area contributed by atoms with Crippen molar-refractivity contribution >= 4 is 0 Å². The number of aromatic nitrogens is 1. The van der Waals surface area contributed by atoms with Crippen LogP contribution in [0.15, 0.2) is 18.3 Å². The van der Waals surface area contributed by atoms with Crippen molar-refractivity contribution in [1.82, 2.24) is 4.98 Å². The number of aliphatic hydroxyl groups is 1. The van der Waals surface area contributed by atoms with E-state index in [1.54, 1.807) is 13.0 Å². The van der Waals surface area contributed by atoms with Gasteiger partial charge in [-0.1, -0.05) is 0 Å². The number of aliphatic hydroxyl groups excluding tert-OH is 1. The summed E-state index contributed by atoms with van der Waals surface area (Å²) in [7, 11) is 0. The second-order valence-electron chi connectivity index (χ2n) is 2.71. The van der Waals surface area contributed by atoms with E-state index in [0.29, 0.717) is 5.69 Å². The molecule has 0 saturated heterocycles. The summed E-state index contributed by atoms with van der Waals surface area (Å²) in [5, 5.41) is 18.0. The van der Waals surface area contributed by atoms with Crippen molar-refractivity contribution in [2.75, 3.05) is 0 Å². The molecule has 0 fully saturated rings. The van der Waals surface area contributed by atoms with Crippen LogP contribution < -0.4 is 5.73 Å². The Morgan fingerprint density at radius 1 is 1.50 bits per heavy atom. The number of nitrogens with two attached hydrogens (primary N) is 1. The van der Waals surface area contributed by atoms with Crippen LogP contribution >= 0.6 is 0 Å². The highest BCUT2D eigenvalue weighted by Crippen LogP contribution is 2.13. The molecule has 0 unspecified atom stereocenters. The van der Waals surface area contributed by atoms with Crippen LogP contribution in [0.2, 0.25) is 0 Å². The van der Waals surface area contributed by atoms with Gasteiger partial charge < -0.3 is 15.9 Å². The highest BCUT2D eigenvalue weighted by Gasteiger charge is 2.12.